The van der Waals surface area contributed by atoms with Gasteiger partial charge in [0.2, 0.25) is 15.9 Å². The van der Waals surface area contributed by atoms with Gasteiger partial charge in [-0.15, -0.1) is 0 Å². The lowest BCUT2D eigenvalue weighted by atomic mass is 10.0. The summed E-state index contributed by atoms with van der Waals surface area (Å²) >= 11 is 0. The monoisotopic (exact) mass is 590 g/mol. The van der Waals surface area contributed by atoms with E-state index in [1.54, 1.807) is 54.7 Å². The van der Waals surface area contributed by atoms with Gasteiger partial charge in [-0.25, -0.2) is 22.6 Å². The smallest absolute Gasteiger partial charge is 0.412 e. The van der Waals surface area contributed by atoms with Crippen LogP contribution in [0.2, 0.25) is 0 Å². The zero-order chi connectivity index (χ0) is 29.5. The van der Waals surface area contributed by atoms with Gasteiger partial charge in [0.05, 0.1) is 11.8 Å². The molecule has 5 rings (SSSR count). The lowest BCUT2D eigenvalue weighted by molar-refractivity contribution is 0.169. The zero-order valence-corrected chi connectivity index (χ0v) is 23.8. The van der Waals surface area contributed by atoms with Crippen LogP contribution in [-0.4, -0.2) is 49.8 Å². The van der Waals surface area contributed by atoms with Gasteiger partial charge in [0.1, 0.15) is 17.3 Å². The van der Waals surface area contributed by atoms with Gasteiger partial charge in [-0.1, -0.05) is 42.5 Å². The summed E-state index contributed by atoms with van der Waals surface area (Å²) < 4.78 is 51.0. The van der Waals surface area contributed by atoms with Gasteiger partial charge in [-0.2, -0.15) is 0 Å². The number of carbonyl (C=O) groups excluding carboxylic acids is 1. The summed E-state index contributed by atoms with van der Waals surface area (Å²) in [6, 6.07) is 23.7. The van der Waals surface area contributed by atoms with E-state index >= 15 is 0 Å². The molecular weight excluding hydrogens is 559 g/mol. The summed E-state index contributed by atoms with van der Waals surface area (Å²) in [6.45, 7) is 2.28. The molecule has 0 saturated carbocycles. The van der Waals surface area contributed by atoms with Crippen LogP contribution in [0.1, 0.15) is 18.4 Å². The van der Waals surface area contributed by atoms with Crippen LogP contribution >= 0.6 is 0 Å². The molecule has 0 spiro atoms. The third-order valence-electron chi connectivity index (χ3n) is 6.73. The fraction of sp³-hybridized carbons (Fsp3) is 0.226. The van der Waals surface area contributed by atoms with Crippen LogP contribution in [0.15, 0.2) is 91.1 Å². The van der Waals surface area contributed by atoms with Crippen LogP contribution in [0.4, 0.5) is 14.9 Å². The van der Waals surface area contributed by atoms with Crippen molar-refractivity contribution in [2.24, 2.45) is 0 Å². The number of carbonyl (C=O) groups is 1. The predicted molar refractivity (Wildman–Crippen MR) is 159 cm³/mol. The molecule has 3 aromatic carbocycles. The van der Waals surface area contributed by atoms with Gasteiger partial charge < -0.3 is 14.8 Å². The first-order valence-corrected chi connectivity index (χ1v) is 15.4. The molecule has 4 aromatic rings. The quantitative estimate of drug-likeness (QED) is 0.253. The molecule has 0 bridgehead atoms. The number of benzene rings is 3. The minimum atomic E-state index is -3.34. The van der Waals surface area contributed by atoms with Crippen molar-refractivity contribution >= 4 is 21.8 Å². The lowest BCUT2D eigenvalue weighted by Crippen LogP contribution is -2.45. The third-order valence-corrected chi connectivity index (χ3v) is 7.34. The van der Waals surface area contributed by atoms with Crippen molar-refractivity contribution in [2.75, 3.05) is 24.1 Å². The van der Waals surface area contributed by atoms with Crippen LogP contribution in [0, 0.1) is 5.82 Å². The maximum atomic E-state index is 14.6. The molecule has 0 unspecified atom stereocenters. The topological polar surface area (TPSA) is 110 Å². The average Bonchev–Trinajstić information content (AvgIpc) is 2.96. The number of hydrogen-bond acceptors (Lipinski definition) is 7. The van der Waals surface area contributed by atoms with Gasteiger partial charge in [0.15, 0.2) is 0 Å². The van der Waals surface area contributed by atoms with E-state index in [4.69, 9.17) is 9.47 Å². The molecule has 11 heteroatoms. The molecule has 2 N–H and O–H groups in total. The van der Waals surface area contributed by atoms with E-state index in [2.05, 4.69) is 19.9 Å². The highest BCUT2D eigenvalue weighted by Crippen LogP contribution is 2.32. The van der Waals surface area contributed by atoms with Gasteiger partial charge in [0, 0.05) is 43.6 Å². The van der Waals surface area contributed by atoms with Crippen LogP contribution < -0.4 is 19.5 Å². The first-order chi connectivity index (χ1) is 20.2. The fourth-order valence-electron chi connectivity index (χ4n) is 4.75. The highest BCUT2D eigenvalue weighted by Gasteiger charge is 2.23. The number of amides is 1. The normalized spacial score (nSPS) is 14.2. The van der Waals surface area contributed by atoms with Crippen LogP contribution in [0.25, 0.3) is 11.1 Å². The van der Waals surface area contributed by atoms with E-state index in [0.29, 0.717) is 29.4 Å². The Kier molecular flexibility index (Phi) is 8.99. The zero-order valence-electron chi connectivity index (χ0n) is 23.0. The summed E-state index contributed by atoms with van der Waals surface area (Å²) in [7, 11) is -3.34. The molecule has 9 nitrogen and oxygen atoms in total. The van der Waals surface area contributed by atoms with Gasteiger partial charge >= 0.3 is 6.09 Å². The summed E-state index contributed by atoms with van der Waals surface area (Å²) in [4.78, 5) is 19.3. The number of piperidine rings is 1. The number of sulfonamides is 1. The van der Waals surface area contributed by atoms with E-state index in [1.807, 2.05) is 24.3 Å². The summed E-state index contributed by atoms with van der Waals surface area (Å²) in [6.07, 6.45) is 3.76. The number of halogens is 1. The third kappa shape index (κ3) is 8.05. The van der Waals surface area contributed by atoms with Gasteiger partial charge in [-0.3, -0.25) is 9.62 Å². The van der Waals surface area contributed by atoms with Crippen molar-refractivity contribution in [3.05, 3.63) is 103 Å². The first-order valence-electron chi connectivity index (χ1n) is 13.5. The van der Waals surface area contributed by atoms with Gasteiger partial charge in [-0.05, 0) is 60.4 Å². The molecule has 1 aliphatic rings. The van der Waals surface area contributed by atoms with Crippen molar-refractivity contribution in [3.8, 4) is 28.5 Å². The van der Waals surface area contributed by atoms with Crippen LogP contribution in [0.3, 0.4) is 0 Å². The summed E-state index contributed by atoms with van der Waals surface area (Å²) in [5.74, 6) is 0.692. The molecule has 1 saturated heterocycles. The molecule has 0 aliphatic carbocycles. The second kappa shape index (κ2) is 13.0. The Morgan fingerprint density at radius 2 is 1.71 bits per heavy atom. The van der Waals surface area contributed by atoms with Gasteiger partial charge in [0.25, 0.3) is 0 Å². The molecule has 218 valence electrons. The highest BCUT2D eigenvalue weighted by molar-refractivity contribution is 7.92. The minimum absolute atomic E-state index is 0.0459. The van der Waals surface area contributed by atoms with Crippen molar-refractivity contribution in [2.45, 2.75) is 25.4 Å². The number of nitrogens with zero attached hydrogens (tertiary/aromatic N) is 2. The molecule has 1 aromatic heterocycles. The van der Waals surface area contributed by atoms with Crippen LogP contribution in [-0.2, 0) is 16.6 Å². The van der Waals surface area contributed by atoms with E-state index in [9.17, 15) is 17.6 Å². The average molecular weight is 591 g/mol. The van der Waals surface area contributed by atoms with Crippen molar-refractivity contribution < 1.29 is 27.1 Å². The van der Waals surface area contributed by atoms with Crippen LogP contribution in [0.5, 0.6) is 17.4 Å². The summed E-state index contributed by atoms with van der Waals surface area (Å²) in [5, 5.41) is 2.92. The maximum Gasteiger partial charge on any atom is 0.412 e. The molecule has 42 heavy (non-hydrogen) atoms. The number of pyridine rings is 1. The highest BCUT2D eigenvalue weighted by atomic mass is 32.2. The lowest BCUT2D eigenvalue weighted by Gasteiger charge is -2.32. The Balaban J connectivity index is 1.08. The standard InChI is InChI=1S/C31H31FN4O5S/c1-42(38,39)35-25-11-13-26(14-12-25)40-29-15-10-22(20-33-29)21-36-18-16-24(17-19-36)34-31(37)41-28-9-5-8-27(32)30(28)23-6-3-2-4-7-23/h2-15,20,24,35H,16-19,21H2,1H3,(H,34,37). The molecule has 1 aliphatic heterocycles. The largest absolute Gasteiger partial charge is 0.439 e. The Hall–Kier alpha value is -4.48. The summed E-state index contributed by atoms with van der Waals surface area (Å²) in [5.41, 5.74) is 2.38. The number of nitrogens with one attached hydrogen (secondary N) is 2. The molecule has 1 fully saturated rings. The fourth-order valence-corrected chi connectivity index (χ4v) is 5.32. The maximum absolute atomic E-state index is 14.6. The predicted octanol–water partition coefficient (Wildman–Crippen LogP) is 5.80. The molecular formula is C31H31FN4O5S. The van der Waals surface area contributed by atoms with E-state index in [-0.39, 0.29) is 17.4 Å². The Morgan fingerprint density at radius 1 is 0.976 bits per heavy atom. The first kappa shape index (κ1) is 29.0. The number of anilines is 1. The number of hydrogen-bond donors (Lipinski definition) is 2. The number of rotatable bonds is 9. The van der Waals surface area contributed by atoms with Crippen molar-refractivity contribution in [1.29, 1.82) is 0 Å². The molecule has 1 amide bonds. The number of ether oxygens (including phenoxy) is 2. The van der Waals surface area contributed by atoms with Crippen molar-refractivity contribution in [3.63, 3.8) is 0 Å². The number of likely N-dealkylation sites (tertiary alicyclic amines) is 1. The minimum Gasteiger partial charge on any atom is -0.439 e. The Labute approximate surface area is 244 Å². The Bertz CT molecular complexity index is 1610. The van der Waals surface area contributed by atoms with E-state index in [1.165, 1.54) is 12.1 Å². The molecule has 0 atom stereocenters. The molecule has 2 heterocycles. The SMILES string of the molecule is CS(=O)(=O)Nc1ccc(Oc2ccc(CN3CCC(NC(=O)Oc4cccc(F)c4-c4ccccc4)CC3)cn2)cc1. The Morgan fingerprint density at radius 3 is 2.38 bits per heavy atom. The van der Waals surface area contributed by atoms with E-state index < -0.39 is 21.9 Å². The number of aromatic nitrogens is 1. The molecule has 0 radical (unpaired) electrons. The van der Waals surface area contributed by atoms with Crippen molar-refractivity contribution in [1.82, 2.24) is 15.2 Å². The van der Waals surface area contributed by atoms with E-state index in [0.717, 1.165) is 37.8 Å². The second-order valence-electron chi connectivity index (χ2n) is 10.1. The second-order valence-corrected chi connectivity index (χ2v) is 11.8.